The molecule has 0 bridgehead atoms. The highest BCUT2D eigenvalue weighted by Gasteiger charge is 2.30. The van der Waals surface area contributed by atoms with Crippen LogP contribution in [-0.2, 0) is 0 Å². The molecule has 0 radical (unpaired) electrons. The van der Waals surface area contributed by atoms with Crippen molar-refractivity contribution in [3.05, 3.63) is 22.4 Å². The van der Waals surface area contributed by atoms with E-state index < -0.39 is 0 Å². The topological polar surface area (TPSA) is 37.3 Å². The van der Waals surface area contributed by atoms with Crippen LogP contribution in [0.2, 0.25) is 0 Å². The van der Waals surface area contributed by atoms with Gasteiger partial charge in [-0.1, -0.05) is 6.92 Å². The number of nitrogens with zero attached hydrogens (tertiary/aromatic N) is 2. The van der Waals surface area contributed by atoms with E-state index in [9.17, 15) is 4.79 Å². The number of likely N-dealkylation sites (tertiary alicyclic amines) is 1. The van der Waals surface area contributed by atoms with Gasteiger partial charge in [-0.05, 0) is 60.8 Å². The smallest absolute Gasteiger partial charge is 0.268 e. The zero-order valence-corrected chi connectivity index (χ0v) is 13.7. The van der Waals surface area contributed by atoms with Gasteiger partial charge in [0.1, 0.15) is 5.69 Å². The van der Waals surface area contributed by atoms with E-state index in [0.717, 1.165) is 29.7 Å². The first-order valence-corrected chi connectivity index (χ1v) is 8.20. The van der Waals surface area contributed by atoms with Crippen LogP contribution in [0.4, 0.5) is 0 Å². The van der Waals surface area contributed by atoms with Gasteiger partial charge in [0.25, 0.3) is 5.91 Å². The lowest BCUT2D eigenvalue weighted by Crippen LogP contribution is -2.49. The molecular weight excluding hydrogens is 318 g/mol. The zero-order valence-electron chi connectivity index (χ0n) is 12.1. The summed E-state index contributed by atoms with van der Waals surface area (Å²) in [6.45, 7) is 4.33. The first-order valence-electron chi connectivity index (χ1n) is 7.41. The molecule has 1 saturated heterocycles. The molecule has 1 aromatic heterocycles. The number of piperidine rings is 1. The van der Waals surface area contributed by atoms with Crippen LogP contribution in [0.5, 0.6) is 0 Å². The minimum Gasteiger partial charge on any atom is -0.348 e. The molecule has 1 aliphatic heterocycles. The van der Waals surface area contributed by atoms with E-state index in [1.54, 1.807) is 0 Å². The molecule has 1 amide bonds. The fourth-order valence-electron chi connectivity index (χ4n) is 3.09. The van der Waals surface area contributed by atoms with Crippen molar-refractivity contribution in [2.45, 2.75) is 38.3 Å². The van der Waals surface area contributed by atoms with E-state index in [4.69, 9.17) is 0 Å². The summed E-state index contributed by atoms with van der Waals surface area (Å²) in [6.07, 6.45) is 5.44. The highest BCUT2D eigenvalue weighted by molar-refractivity contribution is 9.10. The summed E-state index contributed by atoms with van der Waals surface area (Å²) >= 11 is 3.48. The minimum atomic E-state index is 0.0732. The standard InChI is InChI=1S/C15H22BrN3O/c1-10-8-18(2)6-5-13(10)17-15(20)14-7-11(16)9-19(14)12-3-4-12/h7,9-10,12-13H,3-6,8H2,1-2H3,(H,17,20). The van der Waals surface area contributed by atoms with Crippen molar-refractivity contribution in [3.8, 4) is 0 Å². The van der Waals surface area contributed by atoms with Gasteiger partial charge >= 0.3 is 0 Å². The molecule has 110 valence electrons. The van der Waals surface area contributed by atoms with Crippen molar-refractivity contribution in [2.75, 3.05) is 20.1 Å². The first-order chi connectivity index (χ1) is 9.54. The maximum absolute atomic E-state index is 12.5. The Balaban J connectivity index is 1.70. The molecule has 0 spiro atoms. The first kappa shape index (κ1) is 14.1. The van der Waals surface area contributed by atoms with Gasteiger partial charge in [0, 0.05) is 29.3 Å². The number of amides is 1. The Morgan fingerprint density at radius 3 is 2.80 bits per heavy atom. The van der Waals surface area contributed by atoms with Gasteiger partial charge < -0.3 is 14.8 Å². The van der Waals surface area contributed by atoms with Crippen LogP contribution >= 0.6 is 15.9 Å². The second-order valence-electron chi connectivity index (χ2n) is 6.29. The van der Waals surface area contributed by atoms with Crippen molar-refractivity contribution >= 4 is 21.8 Å². The third-order valence-corrected chi connectivity index (χ3v) is 4.85. The van der Waals surface area contributed by atoms with Crippen LogP contribution in [0.15, 0.2) is 16.7 Å². The number of aromatic nitrogens is 1. The van der Waals surface area contributed by atoms with E-state index in [-0.39, 0.29) is 5.91 Å². The number of halogens is 1. The van der Waals surface area contributed by atoms with Gasteiger partial charge in [0.15, 0.2) is 0 Å². The van der Waals surface area contributed by atoms with Crippen molar-refractivity contribution in [1.82, 2.24) is 14.8 Å². The van der Waals surface area contributed by atoms with Gasteiger partial charge in [0.2, 0.25) is 0 Å². The monoisotopic (exact) mass is 339 g/mol. The molecule has 1 aromatic rings. The molecule has 4 nitrogen and oxygen atoms in total. The predicted octanol–water partition coefficient (Wildman–Crippen LogP) is 2.66. The number of nitrogens with one attached hydrogen (secondary N) is 1. The molecule has 2 aliphatic rings. The average Bonchev–Trinajstić information content (AvgIpc) is 3.16. The van der Waals surface area contributed by atoms with Gasteiger partial charge in [-0.15, -0.1) is 0 Å². The predicted molar refractivity (Wildman–Crippen MR) is 82.9 cm³/mol. The third-order valence-electron chi connectivity index (χ3n) is 4.41. The Bertz CT molecular complexity index is 509. The molecule has 5 heteroatoms. The Hall–Kier alpha value is -0.810. The summed E-state index contributed by atoms with van der Waals surface area (Å²) in [6, 6.07) is 2.75. The van der Waals surface area contributed by atoms with Crippen LogP contribution in [0.1, 0.15) is 42.7 Å². The Labute approximate surface area is 128 Å². The van der Waals surface area contributed by atoms with Crippen LogP contribution in [0.3, 0.4) is 0 Å². The second kappa shape index (κ2) is 5.53. The molecule has 3 rings (SSSR count). The summed E-state index contributed by atoms with van der Waals surface area (Å²) in [7, 11) is 2.14. The summed E-state index contributed by atoms with van der Waals surface area (Å²) in [5.74, 6) is 0.578. The normalized spacial score (nSPS) is 27.6. The number of carbonyl (C=O) groups is 1. The average molecular weight is 340 g/mol. The van der Waals surface area contributed by atoms with E-state index >= 15 is 0 Å². The van der Waals surface area contributed by atoms with Gasteiger partial charge in [-0.25, -0.2) is 0 Å². The van der Waals surface area contributed by atoms with Crippen LogP contribution in [0, 0.1) is 5.92 Å². The number of rotatable bonds is 3. The summed E-state index contributed by atoms with van der Waals surface area (Å²) in [5, 5.41) is 3.23. The lowest BCUT2D eigenvalue weighted by atomic mass is 9.94. The molecule has 1 aliphatic carbocycles. The minimum absolute atomic E-state index is 0.0732. The zero-order chi connectivity index (χ0) is 14.3. The lowest BCUT2D eigenvalue weighted by Gasteiger charge is -2.35. The highest BCUT2D eigenvalue weighted by atomic mass is 79.9. The molecule has 2 unspecified atom stereocenters. The summed E-state index contributed by atoms with van der Waals surface area (Å²) in [5.41, 5.74) is 0.797. The van der Waals surface area contributed by atoms with Crippen molar-refractivity contribution < 1.29 is 4.79 Å². The number of hydrogen-bond acceptors (Lipinski definition) is 2. The largest absolute Gasteiger partial charge is 0.348 e. The molecule has 2 fully saturated rings. The maximum atomic E-state index is 12.5. The molecule has 20 heavy (non-hydrogen) atoms. The summed E-state index contributed by atoms with van der Waals surface area (Å²) in [4.78, 5) is 14.9. The molecule has 0 aromatic carbocycles. The second-order valence-corrected chi connectivity index (χ2v) is 7.21. The lowest BCUT2D eigenvalue weighted by molar-refractivity contribution is 0.0874. The van der Waals surface area contributed by atoms with Gasteiger partial charge in [-0.3, -0.25) is 4.79 Å². The van der Waals surface area contributed by atoms with Crippen molar-refractivity contribution in [2.24, 2.45) is 5.92 Å². The quantitative estimate of drug-likeness (QED) is 0.919. The maximum Gasteiger partial charge on any atom is 0.268 e. The van der Waals surface area contributed by atoms with E-state index in [0.29, 0.717) is 18.0 Å². The van der Waals surface area contributed by atoms with Crippen LogP contribution in [-0.4, -0.2) is 41.6 Å². The molecule has 1 N–H and O–H groups in total. The fourth-order valence-corrected chi connectivity index (χ4v) is 3.53. The highest BCUT2D eigenvalue weighted by Crippen LogP contribution is 2.37. The Morgan fingerprint density at radius 2 is 2.15 bits per heavy atom. The Morgan fingerprint density at radius 1 is 1.40 bits per heavy atom. The van der Waals surface area contributed by atoms with Crippen LogP contribution in [0.25, 0.3) is 0 Å². The SMILES string of the molecule is CC1CN(C)CCC1NC(=O)c1cc(Br)cn1C1CC1. The number of carbonyl (C=O) groups excluding carboxylic acids is 1. The van der Waals surface area contributed by atoms with Crippen molar-refractivity contribution in [3.63, 3.8) is 0 Å². The van der Waals surface area contributed by atoms with Gasteiger partial charge in [-0.2, -0.15) is 0 Å². The molecule has 2 heterocycles. The molecular formula is C15H22BrN3O. The van der Waals surface area contributed by atoms with E-state index in [1.165, 1.54) is 12.8 Å². The Kier molecular flexibility index (Phi) is 3.91. The molecule has 2 atom stereocenters. The van der Waals surface area contributed by atoms with E-state index in [2.05, 4.69) is 44.7 Å². The molecule has 1 saturated carbocycles. The summed E-state index contributed by atoms with van der Waals surface area (Å²) < 4.78 is 3.12. The van der Waals surface area contributed by atoms with Gasteiger partial charge in [0.05, 0.1) is 0 Å². The van der Waals surface area contributed by atoms with Crippen LogP contribution < -0.4 is 5.32 Å². The third kappa shape index (κ3) is 2.93. The fraction of sp³-hybridized carbons (Fsp3) is 0.667. The number of hydrogen-bond donors (Lipinski definition) is 1. The van der Waals surface area contributed by atoms with Crippen molar-refractivity contribution in [1.29, 1.82) is 0 Å². The van der Waals surface area contributed by atoms with E-state index in [1.807, 2.05) is 12.3 Å².